The molecule has 0 saturated heterocycles. The second-order valence-corrected chi connectivity index (χ2v) is 8.87. The Kier molecular flexibility index (Phi) is 6.26. The van der Waals surface area contributed by atoms with Gasteiger partial charge >= 0.3 is 0 Å². The molecule has 0 spiro atoms. The number of halogens is 1. The lowest BCUT2D eigenvalue weighted by Gasteiger charge is -2.30. The zero-order chi connectivity index (χ0) is 15.4. The minimum atomic E-state index is -0.370. The van der Waals surface area contributed by atoms with Gasteiger partial charge in [0, 0.05) is 17.1 Å². The van der Waals surface area contributed by atoms with Crippen LogP contribution >= 0.6 is 11.6 Å². The average Bonchev–Trinajstić information content (AvgIpc) is 2.34. The molecule has 0 aliphatic heterocycles. The number of nitrogens with one attached hydrogen (secondary N) is 1. The molecule has 0 aliphatic carbocycles. The van der Waals surface area contributed by atoms with E-state index >= 15 is 0 Å². The van der Waals surface area contributed by atoms with Gasteiger partial charge in [-0.25, -0.2) is 0 Å². The van der Waals surface area contributed by atoms with Crippen LogP contribution < -0.4 is 5.32 Å². The van der Waals surface area contributed by atoms with Gasteiger partial charge < -0.3 is 9.74 Å². The monoisotopic (exact) mass is 311 g/mol. The largest absolute Gasteiger partial charge is 0.408 e. The molecule has 4 heteroatoms. The van der Waals surface area contributed by atoms with E-state index in [1.165, 1.54) is 5.56 Å². The Morgan fingerprint density at radius 1 is 1.20 bits per heavy atom. The molecule has 0 fully saturated rings. The minimum absolute atomic E-state index is 0.172. The molecule has 0 bridgehead atoms. The first-order valence-electron chi connectivity index (χ1n) is 7.10. The van der Waals surface area contributed by atoms with E-state index in [1.807, 2.05) is 6.07 Å². The van der Waals surface area contributed by atoms with Gasteiger partial charge in [-0.2, -0.15) is 0 Å². The SMILES string of the molecule is CCNCc1ccc(Cl)c(C(C)(C)O[Si]C(C)(C)C)c1. The van der Waals surface area contributed by atoms with E-state index in [2.05, 4.69) is 59.0 Å². The normalized spacial score (nSPS) is 12.8. The minimum Gasteiger partial charge on any atom is -0.408 e. The third-order valence-corrected chi connectivity index (χ3v) is 4.43. The lowest BCUT2D eigenvalue weighted by Crippen LogP contribution is -2.28. The number of hydrogen-bond acceptors (Lipinski definition) is 2. The van der Waals surface area contributed by atoms with E-state index in [4.69, 9.17) is 16.0 Å². The summed E-state index contributed by atoms with van der Waals surface area (Å²) in [4.78, 5) is 0. The van der Waals surface area contributed by atoms with Crippen LogP contribution in [0.5, 0.6) is 0 Å². The molecule has 0 aromatic heterocycles. The van der Waals surface area contributed by atoms with Gasteiger partial charge in [0.1, 0.15) is 0 Å². The highest BCUT2D eigenvalue weighted by Crippen LogP contribution is 2.34. The van der Waals surface area contributed by atoms with Crippen molar-refractivity contribution in [3.8, 4) is 0 Å². The maximum absolute atomic E-state index is 6.37. The summed E-state index contributed by atoms with van der Waals surface area (Å²) in [7, 11) is 0.438. The summed E-state index contributed by atoms with van der Waals surface area (Å²) in [6.07, 6.45) is 0. The summed E-state index contributed by atoms with van der Waals surface area (Å²) in [5.41, 5.74) is 1.93. The Morgan fingerprint density at radius 3 is 2.40 bits per heavy atom. The second-order valence-electron chi connectivity index (χ2n) is 6.56. The summed E-state index contributed by atoms with van der Waals surface area (Å²) in [5, 5.41) is 4.28. The number of rotatable bonds is 6. The van der Waals surface area contributed by atoms with Crippen molar-refractivity contribution in [1.82, 2.24) is 5.32 Å². The van der Waals surface area contributed by atoms with E-state index < -0.39 is 0 Å². The van der Waals surface area contributed by atoms with Crippen molar-refractivity contribution >= 4 is 21.4 Å². The molecule has 2 radical (unpaired) electrons. The van der Waals surface area contributed by atoms with Crippen LogP contribution in [0.4, 0.5) is 0 Å². The highest BCUT2D eigenvalue weighted by atomic mass is 35.5. The van der Waals surface area contributed by atoms with Crippen LogP contribution in [0.1, 0.15) is 52.7 Å². The first-order chi connectivity index (χ1) is 9.15. The van der Waals surface area contributed by atoms with Crippen molar-refractivity contribution < 1.29 is 4.43 Å². The Morgan fingerprint density at radius 2 is 1.85 bits per heavy atom. The van der Waals surface area contributed by atoms with Gasteiger partial charge in [-0.3, -0.25) is 0 Å². The van der Waals surface area contributed by atoms with Gasteiger partial charge in [-0.1, -0.05) is 51.4 Å². The highest BCUT2D eigenvalue weighted by molar-refractivity contribution is 6.32. The fourth-order valence-electron chi connectivity index (χ4n) is 1.75. The van der Waals surface area contributed by atoms with E-state index in [9.17, 15) is 0 Å². The molecule has 1 aromatic carbocycles. The zero-order valence-electron chi connectivity index (χ0n) is 13.4. The molecular weight excluding hydrogens is 286 g/mol. The molecular formula is C16H26ClNOSi. The van der Waals surface area contributed by atoms with Crippen LogP contribution in [0.15, 0.2) is 18.2 Å². The number of hydrogen-bond donors (Lipinski definition) is 1. The first kappa shape index (κ1) is 17.7. The molecule has 20 heavy (non-hydrogen) atoms. The Balaban J connectivity index is 2.91. The first-order valence-corrected chi connectivity index (χ1v) is 8.39. The lowest BCUT2D eigenvalue weighted by molar-refractivity contribution is 0.109. The highest BCUT2D eigenvalue weighted by Gasteiger charge is 2.27. The van der Waals surface area contributed by atoms with Gasteiger partial charge in [0.2, 0.25) is 9.76 Å². The van der Waals surface area contributed by atoms with Crippen LogP contribution in [0.3, 0.4) is 0 Å². The predicted molar refractivity (Wildman–Crippen MR) is 88.4 cm³/mol. The van der Waals surface area contributed by atoms with Crippen molar-refractivity contribution in [3.63, 3.8) is 0 Å². The zero-order valence-corrected chi connectivity index (χ0v) is 15.2. The molecule has 0 atom stereocenters. The molecule has 0 saturated carbocycles. The van der Waals surface area contributed by atoms with Crippen molar-refractivity contribution in [2.24, 2.45) is 0 Å². The van der Waals surface area contributed by atoms with E-state index in [1.54, 1.807) is 0 Å². The van der Waals surface area contributed by atoms with Crippen LogP contribution in [0.25, 0.3) is 0 Å². The number of benzene rings is 1. The molecule has 2 nitrogen and oxygen atoms in total. The molecule has 0 heterocycles. The van der Waals surface area contributed by atoms with Gasteiger partial charge in [-0.15, -0.1) is 0 Å². The third kappa shape index (κ3) is 5.56. The van der Waals surface area contributed by atoms with E-state index in [0.717, 1.165) is 23.7 Å². The molecule has 0 amide bonds. The Hall–Kier alpha value is -0.353. The molecule has 1 rings (SSSR count). The van der Waals surface area contributed by atoms with Crippen LogP contribution in [0, 0.1) is 0 Å². The molecule has 0 aliphatic rings. The van der Waals surface area contributed by atoms with Crippen LogP contribution in [-0.4, -0.2) is 16.3 Å². The van der Waals surface area contributed by atoms with Crippen LogP contribution in [0.2, 0.25) is 10.1 Å². The maximum Gasteiger partial charge on any atom is 0.236 e. The fourth-order valence-corrected chi connectivity index (χ4v) is 2.77. The molecule has 0 unspecified atom stereocenters. The standard InChI is InChI=1S/C16H26ClNOSi/c1-7-18-11-12-8-9-14(17)13(10-12)16(5,6)19-20-15(2,3)4/h8-10,18H,7,11H2,1-6H3. The summed E-state index contributed by atoms with van der Waals surface area (Å²) < 4.78 is 6.14. The van der Waals surface area contributed by atoms with Crippen molar-refractivity contribution in [1.29, 1.82) is 0 Å². The summed E-state index contributed by atoms with van der Waals surface area (Å²) >= 11 is 6.37. The van der Waals surface area contributed by atoms with Gasteiger partial charge in [-0.05, 0) is 37.1 Å². The van der Waals surface area contributed by atoms with Crippen molar-refractivity contribution in [3.05, 3.63) is 34.3 Å². The molecule has 112 valence electrons. The van der Waals surface area contributed by atoms with Gasteiger partial charge in [0.05, 0.1) is 5.60 Å². The van der Waals surface area contributed by atoms with Gasteiger partial charge in [0.25, 0.3) is 0 Å². The van der Waals surface area contributed by atoms with Crippen molar-refractivity contribution in [2.75, 3.05) is 6.54 Å². The quantitative estimate of drug-likeness (QED) is 0.779. The lowest BCUT2D eigenvalue weighted by atomic mass is 9.96. The summed E-state index contributed by atoms with van der Waals surface area (Å²) in [5.74, 6) is 0. The topological polar surface area (TPSA) is 21.3 Å². The molecule has 1 N–H and O–H groups in total. The third-order valence-electron chi connectivity index (χ3n) is 2.87. The molecule has 1 aromatic rings. The van der Waals surface area contributed by atoms with Gasteiger partial charge in [0.15, 0.2) is 0 Å². The maximum atomic E-state index is 6.37. The van der Waals surface area contributed by atoms with Crippen molar-refractivity contribution in [2.45, 2.75) is 58.7 Å². The van der Waals surface area contributed by atoms with E-state index in [0.29, 0.717) is 9.76 Å². The average molecular weight is 312 g/mol. The van der Waals surface area contributed by atoms with Crippen LogP contribution in [-0.2, 0) is 16.6 Å². The van der Waals surface area contributed by atoms with E-state index in [-0.39, 0.29) is 10.6 Å². The second kappa shape index (κ2) is 7.08. The Labute approximate surface area is 131 Å². The smallest absolute Gasteiger partial charge is 0.236 e. The summed E-state index contributed by atoms with van der Waals surface area (Å²) in [6, 6.07) is 6.18. The Bertz CT molecular complexity index is 441. The predicted octanol–water partition coefficient (Wildman–Crippen LogP) is 4.54. The summed E-state index contributed by atoms with van der Waals surface area (Å²) in [6.45, 7) is 14.7. The fraction of sp³-hybridized carbons (Fsp3) is 0.625.